The molecule has 2 rings (SSSR count). The Morgan fingerprint density at radius 2 is 1.87 bits per heavy atom. The van der Waals surface area contributed by atoms with Crippen LogP contribution in [0.2, 0.25) is 0 Å². The van der Waals surface area contributed by atoms with Crippen molar-refractivity contribution in [2.24, 2.45) is 5.41 Å². The van der Waals surface area contributed by atoms with Crippen LogP contribution in [0.4, 0.5) is 8.78 Å². The molecule has 1 saturated carbocycles. The van der Waals surface area contributed by atoms with E-state index in [2.05, 4.69) is 5.32 Å². The molecule has 0 aromatic carbocycles. The lowest BCUT2D eigenvalue weighted by Gasteiger charge is -2.48. The summed E-state index contributed by atoms with van der Waals surface area (Å²) in [7, 11) is 0. The van der Waals surface area contributed by atoms with E-state index in [1.807, 2.05) is 0 Å². The number of nitrogens with one attached hydrogen (secondary N) is 1. The van der Waals surface area contributed by atoms with Crippen LogP contribution < -0.4 is 5.32 Å². The summed E-state index contributed by atoms with van der Waals surface area (Å²) in [6, 6.07) is 0. The highest BCUT2D eigenvalue weighted by Crippen LogP contribution is 2.54. The Hall–Kier alpha value is -0.750. The summed E-state index contributed by atoms with van der Waals surface area (Å²) in [4.78, 5) is 11.1. The molecule has 0 spiro atoms. The fourth-order valence-electron chi connectivity index (χ4n) is 2.49. The normalized spacial score (nSPS) is 37.3. The monoisotopic (exact) mass is 221 g/mol. The first-order valence-corrected chi connectivity index (χ1v) is 4.86. The largest absolute Gasteiger partial charge is 0.481 e. The minimum Gasteiger partial charge on any atom is -0.481 e. The van der Waals surface area contributed by atoms with Crippen LogP contribution >= 0.6 is 0 Å². The fourth-order valence-corrected chi connectivity index (χ4v) is 2.49. The molecule has 6 heteroatoms. The molecule has 0 aromatic rings. The average molecular weight is 221 g/mol. The van der Waals surface area contributed by atoms with Crippen LogP contribution in [-0.2, 0) is 4.79 Å². The fraction of sp³-hybridized carbons (Fsp3) is 0.889. The third-order valence-electron chi connectivity index (χ3n) is 3.61. The summed E-state index contributed by atoms with van der Waals surface area (Å²) in [6.07, 6.45) is -1.37. The zero-order chi connectivity index (χ0) is 11.3. The molecule has 0 amide bonds. The number of hydrogen-bond acceptors (Lipinski definition) is 3. The van der Waals surface area contributed by atoms with E-state index in [4.69, 9.17) is 5.11 Å². The highest BCUT2D eigenvalue weighted by atomic mass is 19.3. The van der Waals surface area contributed by atoms with Gasteiger partial charge in [-0.1, -0.05) is 0 Å². The lowest BCUT2D eigenvalue weighted by atomic mass is 9.67. The van der Waals surface area contributed by atoms with E-state index in [1.165, 1.54) is 0 Å². The third kappa shape index (κ3) is 1.35. The first kappa shape index (κ1) is 10.8. The molecule has 2 fully saturated rings. The zero-order valence-electron chi connectivity index (χ0n) is 8.09. The van der Waals surface area contributed by atoms with Gasteiger partial charge in [-0.05, 0) is 6.42 Å². The zero-order valence-corrected chi connectivity index (χ0v) is 8.09. The van der Waals surface area contributed by atoms with E-state index in [0.29, 0.717) is 0 Å². The van der Waals surface area contributed by atoms with Crippen molar-refractivity contribution >= 4 is 5.97 Å². The molecule has 15 heavy (non-hydrogen) atoms. The number of aliphatic hydroxyl groups is 1. The average Bonchev–Trinajstić information content (AvgIpc) is 2.39. The van der Waals surface area contributed by atoms with Gasteiger partial charge in [0.25, 0.3) is 0 Å². The van der Waals surface area contributed by atoms with Crippen molar-refractivity contribution in [3.05, 3.63) is 0 Å². The molecule has 3 N–H and O–H groups in total. The van der Waals surface area contributed by atoms with Gasteiger partial charge in [0.1, 0.15) is 11.0 Å². The minimum atomic E-state index is -2.97. The van der Waals surface area contributed by atoms with Crippen molar-refractivity contribution in [2.75, 3.05) is 13.1 Å². The summed E-state index contributed by atoms with van der Waals surface area (Å²) in [5, 5.41) is 21.8. The molecular weight excluding hydrogens is 208 g/mol. The highest BCUT2D eigenvalue weighted by Gasteiger charge is 2.66. The minimum absolute atomic E-state index is 0.0788. The quantitative estimate of drug-likeness (QED) is 0.623. The molecule has 1 aliphatic heterocycles. The molecule has 1 saturated heterocycles. The molecule has 2 aliphatic rings. The maximum absolute atomic E-state index is 13.1. The topological polar surface area (TPSA) is 69.6 Å². The van der Waals surface area contributed by atoms with Crippen LogP contribution in [0, 0.1) is 5.41 Å². The van der Waals surface area contributed by atoms with Crippen LogP contribution in [0.5, 0.6) is 0 Å². The molecule has 0 aromatic heterocycles. The van der Waals surface area contributed by atoms with Crippen molar-refractivity contribution in [1.82, 2.24) is 5.32 Å². The predicted octanol–water partition coefficient (Wildman–Crippen LogP) is 0.211. The number of rotatable bonds is 2. The molecule has 1 atom stereocenters. The lowest BCUT2D eigenvalue weighted by Crippen LogP contribution is -2.70. The molecule has 0 bridgehead atoms. The Morgan fingerprint density at radius 3 is 2.13 bits per heavy atom. The SMILES string of the molecule is O=C(O)C1(C2(O)CNC2)CCC(F)(F)C1. The van der Waals surface area contributed by atoms with Gasteiger partial charge in [0.05, 0.1) is 0 Å². The maximum Gasteiger partial charge on any atom is 0.312 e. The van der Waals surface area contributed by atoms with Crippen LogP contribution in [-0.4, -0.2) is 40.8 Å². The number of carboxylic acids is 1. The van der Waals surface area contributed by atoms with Gasteiger partial charge in [-0.25, -0.2) is 8.78 Å². The third-order valence-corrected chi connectivity index (χ3v) is 3.61. The van der Waals surface area contributed by atoms with Crippen LogP contribution in [0.25, 0.3) is 0 Å². The Morgan fingerprint density at radius 1 is 1.27 bits per heavy atom. The number of hydrogen-bond donors (Lipinski definition) is 3. The first-order valence-electron chi connectivity index (χ1n) is 4.86. The maximum atomic E-state index is 13.1. The highest BCUT2D eigenvalue weighted by molar-refractivity contribution is 5.77. The predicted molar refractivity (Wildman–Crippen MR) is 46.7 cm³/mol. The Kier molecular flexibility index (Phi) is 2.07. The van der Waals surface area contributed by atoms with Crippen molar-refractivity contribution in [2.45, 2.75) is 30.8 Å². The van der Waals surface area contributed by atoms with Gasteiger partial charge in [0.15, 0.2) is 0 Å². The standard InChI is InChI=1S/C9H13F2NO3/c10-9(11)2-1-7(3-9,6(13)14)8(15)4-12-5-8/h12,15H,1-5H2,(H,13,14). The molecule has 1 aliphatic carbocycles. The van der Waals surface area contributed by atoms with E-state index < -0.39 is 35.7 Å². The number of carboxylic acid groups (broad SMARTS) is 1. The second-order valence-electron chi connectivity index (χ2n) is 4.56. The number of halogens is 2. The summed E-state index contributed by atoms with van der Waals surface area (Å²) >= 11 is 0. The van der Waals surface area contributed by atoms with E-state index in [0.717, 1.165) is 0 Å². The van der Waals surface area contributed by atoms with Gasteiger partial charge in [0, 0.05) is 25.9 Å². The van der Waals surface area contributed by atoms with Crippen molar-refractivity contribution in [3.63, 3.8) is 0 Å². The number of alkyl halides is 2. The van der Waals surface area contributed by atoms with Crippen molar-refractivity contribution in [1.29, 1.82) is 0 Å². The van der Waals surface area contributed by atoms with Gasteiger partial charge in [-0.2, -0.15) is 0 Å². The molecular formula is C9H13F2NO3. The molecule has 1 unspecified atom stereocenters. The number of β-amino-alcohol motifs (C(OH)–C–C–N with tert-alkyl or cyclic N) is 1. The van der Waals surface area contributed by atoms with Crippen LogP contribution in [0.15, 0.2) is 0 Å². The molecule has 86 valence electrons. The first-order chi connectivity index (χ1) is 6.81. The van der Waals surface area contributed by atoms with Gasteiger partial charge in [0.2, 0.25) is 5.92 Å². The summed E-state index contributed by atoms with van der Waals surface area (Å²) < 4.78 is 26.2. The van der Waals surface area contributed by atoms with E-state index in [1.54, 1.807) is 0 Å². The van der Waals surface area contributed by atoms with E-state index >= 15 is 0 Å². The smallest absolute Gasteiger partial charge is 0.312 e. The van der Waals surface area contributed by atoms with Crippen LogP contribution in [0.3, 0.4) is 0 Å². The Labute approximate surface area is 85.3 Å². The van der Waals surface area contributed by atoms with E-state index in [-0.39, 0.29) is 19.5 Å². The van der Waals surface area contributed by atoms with Crippen molar-refractivity contribution in [3.8, 4) is 0 Å². The van der Waals surface area contributed by atoms with Gasteiger partial charge < -0.3 is 15.5 Å². The number of aliphatic carboxylic acids is 1. The van der Waals surface area contributed by atoms with Gasteiger partial charge in [-0.15, -0.1) is 0 Å². The summed E-state index contributed by atoms with van der Waals surface area (Å²) in [5.74, 6) is -4.28. The Bertz CT molecular complexity index is 304. The van der Waals surface area contributed by atoms with E-state index in [9.17, 15) is 18.7 Å². The summed E-state index contributed by atoms with van der Waals surface area (Å²) in [5.41, 5.74) is -3.19. The molecule has 1 heterocycles. The molecule has 0 radical (unpaired) electrons. The van der Waals surface area contributed by atoms with Gasteiger partial charge >= 0.3 is 5.97 Å². The number of carbonyl (C=O) groups is 1. The van der Waals surface area contributed by atoms with Crippen molar-refractivity contribution < 1.29 is 23.8 Å². The second kappa shape index (κ2) is 2.89. The Balaban J connectivity index is 2.31. The second-order valence-corrected chi connectivity index (χ2v) is 4.56. The van der Waals surface area contributed by atoms with Crippen LogP contribution in [0.1, 0.15) is 19.3 Å². The van der Waals surface area contributed by atoms with Gasteiger partial charge in [-0.3, -0.25) is 4.79 Å². The summed E-state index contributed by atoms with van der Waals surface area (Å²) in [6.45, 7) is 0.158. The molecule has 4 nitrogen and oxygen atoms in total. The lowest BCUT2D eigenvalue weighted by molar-refractivity contribution is -0.181.